The Hall–Kier alpha value is -5.03. The van der Waals surface area contributed by atoms with E-state index < -0.39 is 17.4 Å². The lowest BCUT2D eigenvalue weighted by molar-refractivity contribution is -0.117. The van der Waals surface area contributed by atoms with Crippen molar-refractivity contribution in [3.63, 3.8) is 0 Å². The van der Waals surface area contributed by atoms with Crippen molar-refractivity contribution >= 4 is 28.4 Å². The molecule has 11 heteroatoms. The number of hydrogen-bond donors (Lipinski definition) is 2. The Labute approximate surface area is 221 Å². The zero-order chi connectivity index (χ0) is 27.5. The third-order valence-corrected chi connectivity index (χ3v) is 6.31. The van der Waals surface area contributed by atoms with E-state index >= 15 is 0 Å². The van der Waals surface area contributed by atoms with Gasteiger partial charge in [-0.05, 0) is 84.4 Å². The number of amides is 1. The van der Waals surface area contributed by atoms with Gasteiger partial charge in [-0.25, -0.2) is 9.02 Å². The zero-order valence-electron chi connectivity index (χ0n) is 21.0. The fourth-order valence-electron chi connectivity index (χ4n) is 4.04. The van der Waals surface area contributed by atoms with Gasteiger partial charge in [0.05, 0.1) is 18.3 Å². The molecule has 2 aromatic carbocycles. The number of ketones is 1. The highest BCUT2D eigenvalue weighted by Crippen LogP contribution is 2.24. The van der Waals surface area contributed by atoms with Crippen LogP contribution in [0.1, 0.15) is 28.4 Å². The Morgan fingerprint density at radius 2 is 1.74 bits per heavy atom. The average Bonchev–Trinajstić information content (AvgIpc) is 3.43. The van der Waals surface area contributed by atoms with Crippen LogP contribution in [0.2, 0.25) is 0 Å². The summed E-state index contributed by atoms with van der Waals surface area (Å²) in [5, 5.41) is 13.2. The van der Waals surface area contributed by atoms with Gasteiger partial charge in [-0.15, -0.1) is 0 Å². The second kappa shape index (κ2) is 10.8. The summed E-state index contributed by atoms with van der Waals surface area (Å²) in [7, 11) is 1.65. The first-order chi connectivity index (χ1) is 18.8. The van der Waals surface area contributed by atoms with E-state index in [1.165, 1.54) is 35.0 Å². The van der Waals surface area contributed by atoms with Crippen LogP contribution in [0, 0.1) is 5.82 Å². The maximum Gasteiger partial charge on any atom is 0.275 e. The number of fused-ring (bicyclic) bond motifs is 1. The number of rotatable bonds is 8. The lowest BCUT2D eigenvalue weighted by Gasteiger charge is -2.17. The molecule has 0 aliphatic heterocycles. The van der Waals surface area contributed by atoms with Gasteiger partial charge >= 0.3 is 0 Å². The van der Waals surface area contributed by atoms with Crippen LogP contribution in [0.3, 0.4) is 0 Å². The van der Waals surface area contributed by atoms with Crippen LogP contribution in [0.15, 0.2) is 82.5 Å². The van der Waals surface area contributed by atoms with E-state index in [1.54, 1.807) is 56.6 Å². The number of carbonyl (C=O) groups is 2. The Balaban J connectivity index is 1.56. The van der Waals surface area contributed by atoms with Crippen LogP contribution in [-0.2, 0) is 11.3 Å². The van der Waals surface area contributed by atoms with Crippen molar-refractivity contribution in [3.8, 4) is 11.3 Å². The van der Waals surface area contributed by atoms with Crippen LogP contribution in [0.4, 0.5) is 10.1 Å². The third kappa shape index (κ3) is 5.34. The first kappa shape index (κ1) is 25.6. The molecule has 1 atom stereocenters. The number of likely N-dealkylation sites (N-methyl/N-ethyl adjacent to an activating group) is 1. The second-order valence-electron chi connectivity index (χ2n) is 8.91. The van der Waals surface area contributed by atoms with Crippen molar-refractivity contribution in [2.45, 2.75) is 19.5 Å². The van der Waals surface area contributed by atoms with E-state index in [0.29, 0.717) is 33.4 Å². The fourth-order valence-corrected chi connectivity index (χ4v) is 4.04. The molecule has 3 aromatic heterocycles. The number of nitrogens with one attached hydrogen (secondary N) is 2. The van der Waals surface area contributed by atoms with Crippen LogP contribution < -0.4 is 16.2 Å². The summed E-state index contributed by atoms with van der Waals surface area (Å²) in [6.07, 6.45) is 2.97. The molecule has 5 aromatic rings. The van der Waals surface area contributed by atoms with Crippen LogP contribution in [0.25, 0.3) is 22.3 Å². The topological polar surface area (TPSA) is 132 Å². The summed E-state index contributed by atoms with van der Waals surface area (Å²) in [5.74, 6) is -1.14. The molecule has 5 rings (SSSR count). The van der Waals surface area contributed by atoms with Crippen molar-refractivity contribution in [1.29, 1.82) is 0 Å². The van der Waals surface area contributed by atoms with E-state index in [1.807, 2.05) is 0 Å². The molecule has 2 N–H and O–H groups in total. The number of anilines is 1. The normalized spacial score (nSPS) is 11.9. The highest BCUT2D eigenvalue weighted by Gasteiger charge is 2.18. The van der Waals surface area contributed by atoms with E-state index in [-0.39, 0.29) is 29.5 Å². The largest absolute Gasteiger partial charge is 0.320 e. The first-order valence-corrected chi connectivity index (χ1v) is 12.0. The molecule has 0 aliphatic carbocycles. The number of hydrogen-bond acceptors (Lipinski definition) is 8. The van der Waals surface area contributed by atoms with E-state index in [4.69, 9.17) is 4.63 Å². The van der Waals surface area contributed by atoms with Crippen molar-refractivity contribution in [3.05, 3.63) is 106 Å². The maximum atomic E-state index is 13.7. The average molecular weight is 527 g/mol. The summed E-state index contributed by atoms with van der Waals surface area (Å²) in [6.45, 7) is 1.73. The van der Waals surface area contributed by atoms with Gasteiger partial charge in [0.1, 0.15) is 22.5 Å². The molecule has 0 saturated heterocycles. The van der Waals surface area contributed by atoms with Crippen molar-refractivity contribution in [2.75, 3.05) is 12.4 Å². The van der Waals surface area contributed by atoms with Gasteiger partial charge in [0.25, 0.3) is 5.56 Å². The SMILES string of the molecule is CNC(C)C(=O)Nc1ccc(-c2ccc3nonc3c2)n(Cc2cncc(C(=O)c3ccc(F)cc3)c2)c1=O. The summed E-state index contributed by atoms with van der Waals surface area (Å²) in [6, 6.07) is 14.9. The Kier molecular flexibility index (Phi) is 7.06. The van der Waals surface area contributed by atoms with Gasteiger partial charge in [-0.1, -0.05) is 6.07 Å². The molecule has 0 bridgehead atoms. The highest BCUT2D eigenvalue weighted by molar-refractivity contribution is 6.08. The van der Waals surface area contributed by atoms with Crippen LogP contribution in [-0.4, -0.2) is 44.6 Å². The molecule has 3 heterocycles. The van der Waals surface area contributed by atoms with Crippen molar-refractivity contribution in [2.24, 2.45) is 0 Å². The Morgan fingerprint density at radius 3 is 2.51 bits per heavy atom. The minimum absolute atomic E-state index is 0.0477. The second-order valence-corrected chi connectivity index (χ2v) is 8.91. The van der Waals surface area contributed by atoms with Gasteiger partial charge in [-0.3, -0.25) is 19.4 Å². The number of pyridine rings is 2. The van der Waals surface area contributed by atoms with Gasteiger partial charge in [0.2, 0.25) is 5.91 Å². The molecule has 0 fully saturated rings. The number of benzene rings is 2. The maximum absolute atomic E-state index is 13.7. The van der Waals surface area contributed by atoms with E-state index in [9.17, 15) is 18.8 Å². The Morgan fingerprint density at radius 1 is 0.974 bits per heavy atom. The molecule has 0 aliphatic rings. The van der Waals surface area contributed by atoms with E-state index in [2.05, 4.69) is 25.9 Å². The molecular formula is C28H23FN6O4. The van der Waals surface area contributed by atoms with Crippen LogP contribution in [0.5, 0.6) is 0 Å². The summed E-state index contributed by atoms with van der Waals surface area (Å²) in [5.41, 5.74) is 3.11. The molecule has 1 amide bonds. The first-order valence-electron chi connectivity index (χ1n) is 12.0. The molecule has 0 spiro atoms. The summed E-state index contributed by atoms with van der Waals surface area (Å²) in [4.78, 5) is 43.3. The molecule has 0 saturated carbocycles. The zero-order valence-corrected chi connectivity index (χ0v) is 21.0. The van der Waals surface area contributed by atoms with Gasteiger partial charge in [0.15, 0.2) is 5.78 Å². The van der Waals surface area contributed by atoms with Crippen molar-refractivity contribution < 1.29 is 18.6 Å². The standard InChI is InChI=1S/C28H23FN6O4/c1-16(30-2)27(37)32-23-9-10-25(19-5-8-22-24(12-19)34-39-33-22)35(28(23)38)15-17-11-20(14-31-13-17)26(36)18-3-6-21(29)7-4-18/h3-14,16,30H,15H2,1-2H3,(H,32,37). The molecular weight excluding hydrogens is 503 g/mol. The summed E-state index contributed by atoms with van der Waals surface area (Å²) < 4.78 is 19.6. The smallest absolute Gasteiger partial charge is 0.275 e. The lowest BCUT2D eigenvalue weighted by Crippen LogP contribution is -2.37. The monoisotopic (exact) mass is 526 g/mol. The number of halogens is 1. The fraction of sp³-hybridized carbons (Fsp3) is 0.143. The third-order valence-electron chi connectivity index (χ3n) is 6.31. The predicted octanol–water partition coefficient (Wildman–Crippen LogP) is 3.41. The number of aromatic nitrogens is 4. The molecule has 0 radical (unpaired) electrons. The minimum Gasteiger partial charge on any atom is -0.320 e. The Bertz CT molecular complexity index is 1750. The van der Waals surface area contributed by atoms with Crippen LogP contribution >= 0.6 is 0 Å². The molecule has 1 unspecified atom stereocenters. The summed E-state index contributed by atoms with van der Waals surface area (Å²) >= 11 is 0. The minimum atomic E-state index is -0.516. The lowest BCUT2D eigenvalue weighted by atomic mass is 10.0. The number of nitrogens with zero attached hydrogens (tertiary/aromatic N) is 4. The quantitative estimate of drug-likeness (QED) is 0.294. The molecule has 39 heavy (non-hydrogen) atoms. The number of carbonyl (C=O) groups excluding carboxylic acids is 2. The van der Waals surface area contributed by atoms with Gasteiger partial charge < -0.3 is 15.2 Å². The molecule has 10 nitrogen and oxygen atoms in total. The van der Waals surface area contributed by atoms with E-state index in [0.717, 1.165) is 0 Å². The van der Waals surface area contributed by atoms with Gasteiger partial charge in [-0.2, -0.15) is 0 Å². The molecule has 196 valence electrons. The van der Waals surface area contributed by atoms with Crippen molar-refractivity contribution in [1.82, 2.24) is 25.2 Å². The van der Waals surface area contributed by atoms with Gasteiger partial charge in [0, 0.05) is 29.1 Å². The highest BCUT2D eigenvalue weighted by atomic mass is 19.1. The predicted molar refractivity (Wildman–Crippen MR) is 142 cm³/mol.